The van der Waals surface area contributed by atoms with Crippen molar-refractivity contribution in [1.29, 1.82) is 0 Å². The Bertz CT molecular complexity index is 1120. The molecule has 0 radical (unpaired) electrons. The summed E-state index contributed by atoms with van der Waals surface area (Å²) in [6.07, 6.45) is 5.29. The number of nitro groups is 1. The number of non-ortho nitro benzene ring substituents is 1. The molecule has 0 N–H and O–H groups in total. The third-order valence-corrected chi connectivity index (χ3v) is 4.46. The highest BCUT2D eigenvalue weighted by Crippen LogP contribution is 2.36. The summed E-state index contributed by atoms with van der Waals surface area (Å²) >= 11 is 0. The molecule has 0 saturated carbocycles. The Morgan fingerprint density at radius 3 is 2.77 bits per heavy atom. The summed E-state index contributed by atoms with van der Waals surface area (Å²) in [4.78, 5) is 19.4. The van der Waals surface area contributed by atoms with Crippen molar-refractivity contribution < 1.29 is 4.92 Å². The van der Waals surface area contributed by atoms with E-state index in [9.17, 15) is 10.1 Å². The Hall–Kier alpha value is -3.54. The molecule has 4 aromatic rings. The molecule has 2 aromatic carbocycles. The van der Waals surface area contributed by atoms with Gasteiger partial charge >= 0.3 is 0 Å². The van der Waals surface area contributed by atoms with Crippen molar-refractivity contribution in [2.24, 2.45) is 0 Å². The zero-order valence-corrected chi connectivity index (χ0v) is 14.2. The summed E-state index contributed by atoms with van der Waals surface area (Å²) in [6, 6.07) is 14.7. The minimum atomic E-state index is -0.393. The van der Waals surface area contributed by atoms with Crippen LogP contribution in [-0.2, 0) is 6.54 Å². The average molecular weight is 344 g/mol. The number of fused-ring (bicyclic) bond motifs is 1. The first-order chi connectivity index (χ1) is 12.7. The van der Waals surface area contributed by atoms with E-state index < -0.39 is 4.92 Å². The van der Waals surface area contributed by atoms with E-state index in [-0.39, 0.29) is 5.69 Å². The second kappa shape index (κ2) is 6.40. The fraction of sp³-hybridized carbons (Fsp3) is 0.100. The fourth-order valence-electron chi connectivity index (χ4n) is 3.24. The van der Waals surface area contributed by atoms with Crippen molar-refractivity contribution >= 4 is 16.6 Å². The van der Waals surface area contributed by atoms with Gasteiger partial charge in [0.15, 0.2) is 0 Å². The lowest BCUT2D eigenvalue weighted by Crippen LogP contribution is -1.93. The van der Waals surface area contributed by atoms with Gasteiger partial charge in [0.2, 0.25) is 0 Å². The summed E-state index contributed by atoms with van der Waals surface area (Å²) in [5.41, 5.74) is 4.44. The Morgan fingerprint density at radius 2 is 1.96 bits per heavy atom. The van der Waals surface area contributed by atoms with E-state index in [4.69, 9.17) is 0 Å². The molecule has 2 aromatic heterocycles. The number of nitrogens with zero attached hydrogens (tertiary/aromatic N) is 4. The molecule has 0 aliphatic heterocycles. The molecule has 0 spiro atoms. The van der Waals surface area contributed by atoms with Crippen LogP contribution in [0.3, 0.4) is 0 Å². The lowest BCUT2D eigenvalue weighted by atomic mass is 10.00. The van der Waals surface area contributed by atoms with Crippen LogP contribution >= 0.6 is 0 Å². The van der Waals surface area contributed by atoms with Crippen LogP contribution in [-0.4, -0.2) is 19.5 Å². The van der Waals surface area contributed by atoms with Crippen molar-refractivity contribution in [1.82, 2.24) is 14.5 Å². The molecule has 6 heteroatoms. The van der Waals surface area contributed by atoms with Gasteiger partial charge in [0.25, 0.3) is 5.69 Å². The van der Waals surface area contributed by atoms with Gasteiger partial charge in [-0.15, -0.1) is 0 Å². The maximum absolute atomic E-state index is 11.1. The molecule has 4 rings (SSSR count). The van der Waals surface area contributed by atoms with E-state index in [2.05, 4.69) is 39.8 Å². The third-order valence-electron chi connectivity index (χ3n) is 4.46. The third kappa shape index (κ3) is 2.61. The number of para-hydroxylation sites is 1. The maximum atomic E-state index is 11.1. The first-order valence-corrected chi connectivity index (χ1v) is 8.32. The van der Waals surface area contributed by atoms with Gasteiger partial charge in [0.05, 0.1) is 10.6 Å². The highest BCUT2D eigenvalue weighted by molar-refractivity contribution is 5.98. The van der Waals surface area contributed by atoms with Gasteiger partial charge in [-0.25, -0.2) is 9.97 Å². The highest BCUT2D eigenvalue weighted by atomic mass is 16.6. The number of aromatic nitrogens is 3. The molecular weight excluding hydrogens is 328 g/mol. The van der Waals surface area contributed by atoms with Gasteiger partial charge in [-0.1, -0.05) is 30.3 Å². The van der Waals surface area contributed by atoms with Crippen LogP contribution in [0.1, 0.15) is 6.92 Å². The molecule has 0 saturated heterocycles. The minimum Gasteiger partial charge on any atom is -0.347 e. The number of nitro benzene ring substituents is 1. The van der Waals surface area contributed by atoms with Crippen LogP contribution in [0, 0.1) is 10.1 Å². The second-order valence-electron chi connectivity index (χ2n) is 5.94. The Morgan fingerprint density at radius 1 is 1.12 bits per heavy atom. The van der Waals surface area contributed by atoms with Crippen LogP contribution in [0.5, 0.6) is 0 Å². The maximum Gasteiger partial charge on any atom is 0.270 e. The van der Waals surface area contributed by atoms with E-state index in [0.29, 0.717) is 0 Å². The molecule has 0 amide bonds. The minimum absolute atomic E-state index is 0.0493. The van der Waals surface area contributed by atoms with E-state index in [0.717, 1.165) is 39.8 Å². The number of hydrogen-bond acceptors (Lipinski definition) is 4. The van der Waals surface area contributed by atoms with Gasteiger partial charge in [-0.3, -0.25) is 10.1 Å². The molecule has 0 aliphatic carbocycles. The van der Waals surface area contributed by atoms with Gasteiger partial charge < -0.3 is 4.57 Å². The highest BCUT2D eigenvalue weighted by Gasteiger charge is 2.16. The summed E-state index contributed by atoms with van der Waals surface area (Å²) in [6.45, 7) is 2.94. The Labute approximate surface area is 149 Å². The van der Waals surface area contributed by atoms with E-state index >= 15 is 0 Å². The van der Waals surface area contributed by atoms with Crippen molar-refractivity contribution in [2.75, 3.05) is 0 Å². The van der Waals surface area contributed by atoms with Crippen LogP contribution in [0.15, 0.2) is 67.3 Å². The van der Waals surface area contributed by atoms with E-state index in [1.807, 2.05) is 18.2 Å². The Balaban J connectivity index is 1.96. The monoisotopic (exact) mass is 344 g/mol. The zero-order chi connectivity index (χ0) is 18.1. The summed E-state index contributed by atoms with van der Waals surface area (Å²) in [5, 5.41) is 12.2. The first-order valence-electron chi connectivity index (χ1n) is 8.32. The molecule has 0 fully saturated rings. The van der Waals surface area contributed by atoms with Crippen LogP contribution in [0.25, 0.3) is 33.3 Å². The van der Waals surface area contributed by atoms with Crippen LogP contribution in [0.4, 0.5) is 5.69 Å². The van der Waals surface area contributed by atoms with Crippen molar-refractivity contribution in [3.05, 3.63) is 77.4 Å². The lowest BCUT2D eigenvalue weighted by molar-refractivity contribution is -0.384. The van der Waals surface area contributed by atoms with Gasteiger partial charge in [-0.05, 0) is 18.6 Å². The quantitative estimate of drug-likeness (QED) is 0.397. The van der Waals surface area contributed by atoms with E-state index in [1.54, 1.807) is 18.3 Å². The van der Waals surface area contributed by atoms with Gasteiger partial charge in [0.1, 0.15) is 6.33 Å². The van der Waals surface area contributed by atoms with Crippen molar-refractivity contribution in [2.45, 2.75) is 13.5 Å². The number of rotatable bonds is 4. The molecular formula is C20H16N4O2. The van der Waals surface area contributed by atoms with Crippen molar-refractivity contribution in [3.8, 4) is 22.4 Å². The lowest BCUT2D eigenvalue weighted by Gasteiger charge is -2.07. The molecule has 0 unspecified atom stereocenters. The summed E-state index contributed by atoms with van der Waals surface area (Å²) in [7, 11) is 0. The molecule has 128 valence electrons. The van der Waals surface area contributed by atoms with Gasteiger partial charge in [0, 0.05) is 53.1 Å². The molecule has 26 heavy (non-hydrogen) atoms. The predicted molar refractivity (Wildman–Crippen MR) is 101 cm³/mol. The predicted octanol–water partition coefficient (Wildman–Crippen LogP) is 4.69. The fourth-order valence-corrected chi connectivity index (χ4v) is 3.24. The molecule has 0 bridgehead atoms. The van der Waals surface area contributed by atoms with Crippen LogP contribution < -0.4 is 0 Å². The number of aryl methyl sites for hydroxylation is 1. The molecule has 0 aliphatic rings. The smallest absolute Gasteiger partial charge is 0.270 e. The Kier molecular flexibility index (Phi) is 3.93. The molecule has 0 atom stereocenters. The van der Waals surface area contributed by atoms with Gasteiger partial charge in [-0.2, -0.15) is 0 Å². The first kappa shape index (κ1) is 16.0. The largest absolute Gasteiger partial charge is 0.347 e. The molecule has 2 heterocycles. The molecule has 6 nitrogen and oxygen atoms in total. The second-order valence-corrected chi connectivity index (χ2v) is 5.94. The standard InChI is InChI=1S/C20H16N4O2/c1-2-23-12-18(16-8-3-4-9-19(16)23)20-17(11-21-13-22-20)14-6-5-7-15(10-14)24(25)26/h3-13H,2H2,1H3. The topological polar surface area (TPSA) is 73.8 Å². The number of hydrogen-bond donors (Lipinski definition) is 0. The van der Waals surface area contributed by atoms with Crippen molar-refractivity contribution in [3.63, 3.8) is 0 Å². The SMILES string of the molecule is CCn1cc(-c2ncncc2-c2cccc([N+](=O)[O-])c2)c2ccccc21. The summed E-state index contributed by atoms with van der Waals surface area (Å²) < 4.78 is 2.17. The normalized spacial score (nSPS) is 11.0. The average Bonchev–Trinajstić information content (AvgIpc) is 3.07. The van der Waals surface area contributed by atoms with Crippen LogP contribution in [0.2, 0.25) is 0 Å². The van der Waals surface area contributed by atoms with E-state index in [1.165, 1.54) is 12.4 Å². The zero-order valence-electron chi connectivity index (χ0n) is 14.2. The number of benzene rings is 2. The summed E-state index contributed by atoms with van der Waals surface area (Å²) in [5.74, 6) is 0.